The van der Waals surface area contributed by atoms with Gasteiger partial charge in [0.15, 0.2) is 0 Å². The fourth-order valence-corrected chi connectivity index (χ4v) is 2.94. The smallest absolute Gasteiger partial charge is 0.258 e. The average molecular weight is 359 g/mol. The van der Waals surface area contributed by atoms with Gasteiger partial charge in [-0.15, -0.1) is 11.3 Å². The van der Waals surface area contributed by atoms with Gasteiger partial charge in [0.25, 0.3) is 5.91 Å². The van der Waals surface area contributed by atoms with Crippen LogP contribution in [0.3, 0.4) is 0 Å². The quantitative estimate of drug-likeness (QED) is 0.700. The van der Waals surface area contributed by atoms with Crippen LogP contribution in [0.15, 0.2) is 46.9 Å². The summed E-state index contributed by atoms with van der Waals surface area (Å²) in [4.78, 5) is 16.9. The first-order valence-corrected chi connectivity index (χ1v) is 8.47. The van der Waals surface area contributed by atoms with E-state index in [1.807, 2.05) is 19.4 Å². The summed E-state index contributed by atoms with van der Waals surface area (Å²) >= 11 is 7.27. The van der Waals surface area contributed by atoms with Gasteiger partial charge in [-0.1, -0.05) is 11.6 Å². The van der Waals surface area contributed by atoms with Crippen molar-refractivity contribution in [2.24, 2.45) is 12.0 Å². The second kappa shape index (κ2) is 6.98. The molecule has 0 bridgehead atoms. The largest absolute Gasteiger partial charge is 0.322 e. The topological polar surface area (TPSA) is 59.3 Å². The normalized spacial score (nSPS) is 11.1. The number of hydrogen-bond acceptors (Lipinski definition) is 4. The number of thiophene rings is 1. The van der Waals surface area contributed by atoms with E-state index >= 15 is 0 Å². The summed E-state index contributed by atoms with van der Waals surface area (Å²) in [6.07, 6.45) is 3.48. The molecule has 2 aromatic heterocycles. The van der Waals surface area contributed by atoms with E-state index in [-0.39, 0.29) is 5.91 Å². The minimum atomic E-state index is -0.200. The minimum Gasteiger partial charge on any atom is -0.322 e. The lowest BCUT2D eigenvalue weighted by atomic mass is 10.2. The summed E-state index contributed by atoms with van der Waals surface area (Å²) < 4.78 is 1.78. The molecule has 0 atom stereocenters. The van der Waals surface area contributed by atoms with E-state index < -0.39 is 0 Å². The Morgan fingerprint density at radius 2 is 2.08 bits per heavy atom. The third-order valence-electron chi connectivity index (χ3n) is 3.59. The highest BCUT2D eigenvalue weighted by Gasteiger charge is 2.13. The van der Waals surface area contributed by atoms with Crippen molar-refractivity contribution in [1.82, 2.24) is 9.78 Å². The van der Waals surface area contributed by atoms with Crippen LogP contribution in [0.1, 0.15) is 21.6 Å². The summed E-state index contributed by atoms with van der Waals surface area (Å²) in [6, 6.07) is 8.74. The van der Waals surface area contributed by atoms with Gasteiger partial charge in [-0.25, -0.2) is 4.99 Å². The second-order valence-corrected chi connectivity index (χ2v) is 6.50. The zero-order valence-electron chi connectivity index (χ0n) is 13.2. The molecule has 0 aliphatic carbocycles. The van der Waals surface area contributed by atoms with Crippen molar-refractivity contribution < 1.29 is 4.79 Å². The van der Waals surface area contributed by atoms with Crippen LogP contribution >= 0.6 is 22.9 Å². The van der Waals surface area contributed by atoms with Crippen molar-refractivity contribution in [3.8, 4) is 0 Å². The number of aryl methyl sites for hydroxylation is 1. The molecular weight excluding hydrogens is 344 g/mol. The Morgan fingerprint density at radius 3 is 2.75 bits per heavy atom. The lowest BCUT2D eigenvalue weighted by molar-refractivity contribution is 0.102. The number of rotatable bonds is 4. The molecule has 1 amide bonds. The standard InChI is InChI=1S/C17H15ClN4OS/c1-11-12(10-20-22(11)2)9-19-17-15(7-8-24-17)16(23)21-14-5-3-13(18)4-6-14/h3-10H,1-2H3,(H,21,23). The summed E-state index contributed by atoms with van der Waals surface area (Å²) in [7, 11) is 1.88. The molecule has 0 aliphatic rings. The number of amides is 1. The van der Waals surface area contributed by atoms with E-state index in [0.29, 0.717) is 21.3 Å². The Morgan fingerprint density at radius 1 is 1.33 bits per heavy atom. The van der Waals surface area contributed by atoms with Gasteiger partial charge in [0.1, 0.15) is 5.00 Å². The molecule has 0 spiro atoms. The molecule has 5 nitrogen and oxygen atoms in total. The van der Waals surface area contributed by atoms with E-state index in [9.17, 15) is 4.79 Å². The second-order valence-electron chi connectivity index (χ2n) is 5.17. The number of nitrogens with zero attached hydrogens (tertiary/aromatic N) is 3. The van der Waals surface area contributed by atoms with Crippen LogP contribution in [0.5, 0.6) is 0 Å². The maximum atomic E-state index is 12.4. The number of aromatic nitrogens is 2. The number of hydrogen-bond donors (Lipinski definition) is 1. The zero-order valence-corrected chi connectivity index (χ0v) is 14.7. The third kappa shape index (κ3) is 3.55. The number of benzene rings is 1. The van der Waals surface area contributed by atoms with Gasteiger partial charge in [-0.05, 0) is 42.6 Å². The lowest BCUT2D eigenvalue weighted by Crippen LogP contribution is -2.10. The van der Waals surface area contributed by atoms with Crippen molar-refractivity contribution in [2.45, 2.75) is 6.92 Å². The predicted molar refractivity (Wildman–Crippen MR) is 98.9 cm³/mol. The fourth-order valence-electron chi connectivity index (χ4n) is 2.08. The molecular formula is C17H15ClN4OS. The Labute approximate surface area is 148 Å². The minimum absolute atomic E-state index is 0.200. The molecule has 0 unspecified atom stereocenters. The zero-order chi connectivity index (χ0) is 17.1. The van der Waals surface area contributed by atoms with Crippen LogP contribution in [0.4, 0.5) is 10.7 Å². The molecule has 0 radical (unpaired) electrons. The Balaban J connectivity index is 1.78. The molecule has 0 fully saturated rings. The summed E-state index contributed by atoms with van der Waals surface area (Å²) in [6.45, 7) is 1.97. The van der Waals surface area contributed by atoms with E-state index in [2.05, 4.69) is 15.4 Å². The van der Waals surface area contributed by atoms with Gasteiger partial charge in [0.2, 0.25) is 0 Å². The first-order valence-electron chi connectivity index (χ1n) is 7.21. The molecule has 3 aromatic rings. The Bertz CT molecular complexity index is 896. The van der Waals surface area contributed by atoms with E-state index in [0.717, 1.165) is 11.3 Å². The number of nitrogens with one attached hydrogen (secondary N) is 1. The van der Waals surface area contributed by atoms with Crippen LogP contribution in [-0.2, 0) is 7.05 Å². The van der Waals surface area contributed by atoms with Crippen molar-refractivity contribution in [3.63, 3.8) is 0 Å². The summed E-state index contributed by atoms with van der Waals surface area (Å²) in [5.41, 5.74) is 3.17. The molecule has 0 saturated heterocycles. The number of aliphatic imine (C=N–C) groups is 1. The van der Waals surface area contributed by atoms with Crippen LogP contribution in [0.2, 0.25) is 5.02 Å². The van der Waals surface area contributed by atoms with Crippen LogP contribution in [-0.4, -0.2) is 21.9 Å². The highest BCUT2D eigenvalue weighted by Crippen LogP contribution is 2.27. The van der Waals surface area contributed by atoms with Gasteiger partial charge in [-0.3, -0.25) is 9.48 Å². The first-order chi connectivity index (χ1) is 11.5. The molecule has 122 valence electrons. The average Bonchev–Trinajstić information content (AvgIpc) is 3.16. The van der Waals surface area contributed by atoms with E-state index in [1.165, 1.54) is 11.3 Å². The highest BCUT2D eigenvalue weighted by atomic mass is 35.5. The molecule has 0 aliphatic heterocycles. The SMILES string of the molecule is Cc1c(C=Nc2sccc2C(=O)Nc2ccc(Cl)cc2)cnn1C. The number of carbonyl (C=O) groups is 1. The summed E-state index contributed by atoms with van der Waals surface area (Å²) in [5.74, 6) is -0.200. The maximum Gasteiger partial charge on any atom is 0.258 e. The van der Waals surface area contributed by atoms with Crippen molar-refractivity contribution in [1.29, 1.82) is 0 Å². The maximum absolute atomic E-state index is 12.4. The van der Waals surface area contributed by atoms with Crippen LogP contribution in [0, 0.1) is 6.92 Å². The van der Waals surface area contributed by atoms with Crippen molar-refractivity contribution in [3.05, 3.63) is 63.8 Å². The highest BCUT2D eigenvalue weighted by molar-refractivity contribution is 7.14. The van der Waals surface area contributed by atoms with Crippen molar-refractivity contribution >= 4 is 45.7 Å². The number of halogens is 1. The molecule has 0 saturated carbocycles. The number of anilines is 1. The van der Waals surface area contributed by atoms with Crippen LogP contribution in [0.25, 0.3) is 0 Å². The van der Waals surface area contributed by atoms with Gasteiger partial charge in [-0.2, -0.15) is 5.10 Å². The van der Waals surface area contributed by atoms with Crippen LogP contribution < -0.4 is 5.32 Å². The fraction of sp³-hybridized carbons (Fsp3) is 0.118. The molecule has 24 heavy (non-hydrogen) atoms. The van der Waals surface area contributed by atoms with E-state index in [4.69, 9.17) is 11.6 Å². The molecule has 1 aromatic carbocycles. The third-order valence-corrected chi connectivity index (χ3v) is 4.66. The Hall–Kier alpha value is -2.44. The van der Waals surface area contributed by atoms with Gasteiger partial charge in [0.05, 0.1) is 11.8 Å². The molecule has 1 N–H and O–H groups in total. The number of carbonyl (C=O) groups excluding carboxylic acids is 1. The molecule has 3 rings (SSSR count). The first kappa shape index (κ1) is 16.4. The van der Waals surface area contributed by atoms with Gasteiger partial charge >= 0.3 is 0 Å². The van der Waals surface area contributed by atoms with Crippen molar-refractivity contribution in [2.75, 3.05) is 5.32 Å². The monoisotopic (exact) mass is 358 g/mol. The van der Waals surface area contributed by atoms with E-state index in [1.54, 1.807) is 47.4 Å². The van der Waals surface area contributed by atoms with Gasteiger partial charge < -0.3 is 5.32 Å². The lowest BCUT2D eigenvalue weighted by Gasteiger charge is -2.04. The Kier molecular flexibility index (Phi) is 4.78. The summed E-state index contributed by atoms with van der Waals surface area (Å²) in [5, 5.41) is 10.1. The van der Waals surface area contributed by atoms with Gasteiger partial charge in [0, 0.05) is 35.2 Å². The predicted octanol–water partition coefficient (Wildman–Crippen LogP) is 4.45. The molecule has 2 heterocycles. The molecule has 7 heteroatoms.